The number of benzene rings is 1. The minimum absolute atomic E-state index is 0.0899. The maximum atomic E-state index is 12.8. The topological polar surface area (TPSA) is 166 Å². The van der Waals surface area contributed by atoms with Crippen molar-refractivity contribution in [1.82, 2.24) is 20.9 Å². The molecule has 0 fully saturated rings. The molecule has 3 amide bonds. The van der Waals surface area contributed by atoms with Crippen molar-refractivity contribution in [3.63, 3.8) is 0 Å². The van der Waals surface area contributed by atoms with E-state index in [0.717, 1.165) is 16.5 Å². The molecule has 0 aliphatic rings. The summed E-state index contributed by atoms with van der Waals surface area (Å²) in [5, 5.41) is 17.7. The number of H-pyrrole nitrogens is 1. The number of hydrogen-bond donors (Lipinski definition) is 6. The van der Waals surface area contributed by atoms with Crippen LogP contribution >= 0.6 is 0 Å². The van der Waals surface area contributed by atoms with Crippen molar-refractivity contribution in [1.29, 1.82) is 0 Å². The number of nitrogens with one attached hydrogen (secondary N) is 4. The number of hydrogen-bond acceptors (Lipinski definition) is 5. The first-order valence-electron chi connectivity index (χ1n) is 11.4. The monoisotopic (exact) mass is 473 g/mol. The highest BCUT2D eigenvalue weighted by Gasteiger charge is 2.27. The van der Waals surface area contributed by atoms with Crippen LogP contribution in [0, 0.1) is 11.8 Å². The van der Waals surface area contributed by atoms with Crippen LogP contribution in [-0.4, -0.2) is 58.5 Å². The Morgan fingerprint density at radius 3 is 2.32 bits per heavy atom. The van der Waals surface area contributed by atoms with Gasteiger partial charge >= 0.3 is 5.97 Å². The molecular formula is C24H35N5O5. The average Bonchev–Trinajstić information content (AvgIpc) is 3.17. The summed E-state index contributed by atoms with van der Waals surface area (Å²) in [6, 6.07) is 4.89. The Morgan fingerprint density at radius 1 is 1.03 bits per heavy atom. The lowest BCUT2D eigenvalue weighted by Gasteiger charge is -2.22. The average molecular weight is 474 g/mol. The van der Waals surface area contributed by atoms with Crippen LogP contribution in [-0.2, 0) is 25.6 Å². The molecule has 3 atom stereocenters. The number of carbonyl (C=O) groups excluding carboxylic acids is 3. The number of aromatic nitrogens is 1. The highest BCUT2D eigenvalue weighted by molar-refractivity contribution is 5.93. The van der Waals surface area contributed by atoms with E-state index in [2.05, 4.69) is 20.9 Å². The van der Waals surface area contributed by atoms with Gasteiger partial charge in [-0.25, -0.2) is 4.79 Å². The van der Waals surface area contributed by atoms with Crippen LogP contribution in [0.2, 0.25) is 0 Å². The maximum Gasteiger partial charge on any atom is 0.326 e. The second-order valence-electron chi connectivity index (χ2n) is 9.21. The molecule has 186 valence electrons. The van der Waals surface area contributed by atoms with Gasteiger partial charge in [0, 0.05) is 17.1 Å². The summed E-state index contributed by atoms with van der Waals surface area (Å²) < 4.78 is 0. The first-order chi connectivity index (χ1) is 16.0. The molecule has 7 N–H and O–H groups in total. The Labute approximate surface area is 199 Å². The van der Waals surface area contributed by atoms with E-state index in [0.29, 0.717) is 12.8 Å². The fourth-order valence-corrected chi connectivity index (χ4v) is 3.64. The van der Waals surface area contributed by atoms with E-state index in [9.17, 15) is 24.3 Å². The number of rotatable bonds is 12. The molecule has 0 aliphatic heterocycles. The number of nitrogens with two attached hydrogens (primary N) is 1. The largest absolute Gasteiger partial charge is 0.480 e. The minimum atomic E-state index is -1.15. The molecule has 3 unspecified atom stereocenters. The van der Waals surface area contributed by atoms with E-state index in [1.165, 1.54) is 0 Å². The van der Waals surface area contributed by atoms with Gasteiger partial charge < -0.3 is 31.8 Å². The van der Waals surface area contributed by atoms with Gasteiger partial charge in [-0.2, -0.15) is 0 Å². The van der Waals surface area contributed by atoms with Gasteiger partial charge in [-0.3, -0.25) is 14.4 Å². The Bertz CT molecular complexity index is 1020. The van der Waals surface area contributed by atoms with Crippen LogP contribution in [0.4, 0.5) is 0 Å². The van der Waals surface area contributed by atoms with Crippen LogP contribution < -0.4 is 21.7 Å². The molecule has 1 heterocycles. The molecule has 2 rings (SSSR count). The first-order valence-corrected chi connectivity index (χ1v) is 11.4. The lowest BCUT2D eigenvalue weighted by molar-refractivity contribution is -0.143. The molecule has 2 aromatic rings. The normalized spacial score (nSPS) is 14.0. The lowest BCUT2D eigenvalue weighted by Crippen LogP contribution is -2.54. The van der Waals surface area contributed by atoms with E-state index in [-0.39, 0.29) is 11.8 Å². The number of carboxylic acids is 1. The molecular weight excluding hydrogens is 438 g/mol. The van der Waals surface area contributed by atoms with E-state index in [1.54, 1.807) is 13.8 Å². The van der Waals surface area contributed by atoms with Gasteiger partial charge in [-0.05, 0) is 36.3 Å². The van der Waals surface area contributed by atoms with Crippen molar-refractivity contribution in [3.05, 3.63) is 36.0 Å². The van der Waals surface area contributed by atoms with Crippen LogP contribution in [0.25, 0.3) is 10.9 Å². The van der Waals surface area contributed by atoms with Gasteiger partial charge in [0.15, 0.2) is 0 Å². The number of amides is 3. The molecule has 1 aromatic carbocycles. The van der Waals surface area contributed by atoms with Gasteiger partial charge in [-0.1, -0.05) is 45.9 Å². The minimum Gasteiger partial charge on any atom is -0.480 e. The number of aromatic amines is 1. The summed E-state index contributed by atoms with van der Waals surface area (Å²) in [5.74, 6) is -3.01. The van der Waals surface area contributed by atoms with Gasteiger partial charge in [-0.15, -0.1) is 0 Å². The van der Waals surface area contributed by atoms with E-state index in [4.69, 9.17) is 5.73 Å². The summed E-state index contributed by atoms with van der Waals surface area (Å²) in [5.41, 5.74) is 7.98. The third kappa shape index (κ3) is 7.58. The first kappa shape index (κ1) is 26.8. The molecule has 34 heavy (non-hydrogen) atoms. The number of para-hydroxylation sites is 1. The Hall–Kier alpha value is -3.40. The van der Waals surface area contributed by atoms with Crippen molar-refractivity contribution in [3.8, 4) is 0 Å². The predicted molar refractivity (Wildman–Crippen MR) is 129 cm³/mol. The summed E-state index contributed by atoms with van der Waals surface area (Å²) in [6.45, 7) is 6.76. The van der Waals surface area contributed by atoms with E-state index in [1.807, 2.05) is 44.3 Å². The third-order valence-corrected chi connectivity index (χ3v) is 5.46. The predicted octanol–water partition coefficient (Wildman–Crippen LogP) is 0.910. The number of carboxylic acid groups (broad SMARTS) is 1. The molecule has 0 saturated heterocycles. The van der Waals surface area contributed by atoms with Crippen LogP contribution in [0.3, 0.4) is 0 Å². The highest BCUT2D eigenvalue weighted by atomic mass is 16.4. The summed E-state index contributed by atoms with van der Waals surface area (Å²) in [4.78, 5) is 52.0. The molecule has 0 radical (unpaired) electrons. The smallest absolute Gasteiger partial charge is 0.326 e. The van der Waals surface area contributed by atoms with Crippen LogP contribution in [0.15, 0.2) is 30.5 Å². The Morgan fingerprint density at radius 2 is 1.71 bits per heavy atom. The zero-order valence-electron chi connectivity index (χ0n) is 20.1. The summed E-state index contributed by atoms with van der Waals surface area (Å²) in [7, 11) is 0. The van der Waals surface area contributed by atoms with Crippen molar-refractivity contribution in [2.24, 2.45) is 17.6 Å². The van der Waals surface area contributed by atoms with E-state index >= 15 is 0 Å². The molecule has 0 aliphatic carbocycles. The summed E-state index contributed by atoms with van der Waals surface area (Å²) >= 11 is 0. The van der Waals surface area contributed by atoms with E-state index < -0.39 is 48.4 Å². The third-order valence-electron chi connectivity index (χ3n) is 5.46. The van der Waals surface area contributed by atoms with Gasteiger partial charge in [0.1, 0.15) is 12.1 Å². The fourth-order valence-electron chi connectivity index (χ4n) is 3.64. The SMILES string of the molecule is CC(C)CC(NC(=O)C(N)Cc1c[nH]c2ccccc12)C(=O)NCC(=O)NC(C(=O)O)C(C)C. The van der Waals surface area contributed by atoms with Crippen molar-refractivity contribution < 1.29 is 24.3 Å². The zero-order chi connectivity index (χ0) is 25.4. The second-order valence-corrected chi connectivity index (χ2v) is 9.21. The number of aliphatic carboxylic acids is 1. The van der Waals surface area contributed by atoms with Gasteiger partial charge in [0.25, 0.3) is 0 Å². The molecule has 0 spiro atoms. The quantitative estimate of drug-likeness (QED) is 0.268. The molecule has 10 nitrogen and oxygen atoms in total. The maximum absolute atomic E-state index is 12.8. The second kappa shape index (κ2) is 12.2. The van der Waals surface area contributed by atoms with Crippen molar-refractivity contribution in [2.45, 2.75) is 58.7 Å². The highest BCUT2D eigenvalue weighted by Crippen LogP contribution is 2.19. The Kier molecular flexibility index (Phi) is 9.61. The van der Waals surface area contributed by atoms with Crippen LogP contribution in [0.5, 0.6) is 0 Å². The molecule has 0 saturated carbocycles. The number of carbonyl (C=O) groups is 4. The molecule has 0 bridgehead atoms. The van der Waals surface area contributed by atoms with Crippen molar-refractivity contribution >= 4 is 34.6 Å². The standard InChI is InChI=1S/C24H35N5O5/c1-13(2)9-19(23(32)27-12-20(30)29-21(14(3)4)24(33)34)28-22(31)17(25)10-15-11-26-18-8-6-5-7-16(15)18/h5-8,11,13-14,17,19,21,26H,9-10,12,25H2,1-4H3,(H,27,32)(H,28,31)(H,29,30)(H,33,34). The van der Waals surface area contributed by atoms with Crippen LogP contribution in [0.1, 0.15) is 39.7 Å². The Balaban J connectivity index is 1.96. The van der Waals surface area contributed by atoms with Gasteiger partial charge in [0.2, 0.25) is 17.7 Å². The van der Waals surface area contributed by atoms with Crippen molar-refractivity contribution in [2.75, 3.05) is 6.54 Å². The fraction of sp³-hybridized carbons (Fsp3) is 0.500. The molecule has 1 aromatic heterocycles. The molecule has 10 heteroatoms. The lowest BCUT2D eigenvalue weighted by atomic mass is 10.0. The van der Waals surface area contributed by atoms with Gasteiger partial charge in [0.05, 0.1) is 12.6 Å². The zero-order valence-corrected chi connectivity index (χ0v) is 20.1. The number of fused-ring (bicyclic) bond motifs is 1. The summed E-state index contributed by atoms with van der Waals surface area (Å²) in [6.07, 6.45) is 2.46.